The Hall–Kier alpha value is -2.87. The van der Waals surface area contributed by atoms with Gasteiger partial charge < -0.3 is 29.7 Å². The third kappa shape index (κ3) is 5.90. The highest BCUT2D eigenvalue weighted by Gasteiger charge is 2.16. The van der Waals surface area contributed by atoms with Gasteiger partial charge in [-0.2, -0.15) is 0 Å². The van der Waals surface area contributed by atoms with Crippen LogP contribution in [0, 0.1) is 0 Å². The van der Waals surface area contributed by atoms with Crippen LogP contribution in [0.2, 0.25) is 0 Å². The second-order valence-electron chi connectivity index (χ2n) is 8.71. The monoisotopic (exact) mass is 649 g/mol. The van der Waals surface area contributed by atoms with Crippen LogP contribution in [0.5, 0.6) is 0 Å². The molecule has 1 heterocycles. The standard InChI is InChI=1S/C29H16O6S6/c30-27(31)16-7-17-11-18(8-16)37-41-26-13-20-15(10-22(26)29(34)35)4-2-6-24(20)39-38-23-5-1-3-14-9-21(28(32)33)25(40-36-17)12-19(14)23/h1-13H,(H,30,31)(H,32,33)(H,34,35)/p-3. The first-order chi connectivity index (χ1) is 19.8. The largest absolute Gasteiger partial charge is 0.545 e. The fourth-order valence-electron chi connectivity index (χ4n) is 4.22. The Morgan fingerprint density at radius 3 is 1.32 bits per heavy atom. The third-order valence-corrected chi connectivity index (χ3v) is 13.4. The van der Waals surface area contributed by atoms with Gasteiger partial charge in [-0.3, -0.25) is 0 Å². The predicted octanol–water partition coefficient (Wildman–Crippen LogP) is 5.80. The summed E-state index contributed by atoms with van der Waals surface area (Å²) in [7, 11) is 7.85. The molecule has 6 bridgehead atoms. The van der Waals surface area contributed by atoms with E-state index in [-0.39, 0.29) is 16.7 Å². The second-order valence-corrected chi connectivity index (χ2v) is 15.4. The lowest BCUT2D eigenvalue weighted by Gasteiger charge is -2.14. The highest BCUT2D eigenvalue weighted by Crippen LogP contribution is 2.49. The molecule has 0 unspecified atom stereocenters. The first kappa shape index (κ1) is 28.3. The van der Waals surface area contributed by atoms with E-state index in [9.17, 15) is 29.7 Å². The van der Waals surface area contributed by atoms with E-state index >= 15 is 0 Å². The van der Waals surface area contributed by atoms with Gasteiger partial charge in [-0.15, -0.1) is 0 Å². The lowest BCUT2D eigenvalue weighted by molar-refractivity contribution is -0.256. The van der Waals surface area contributed by atoms with Crippen LogP contribution in [-0.4, -0.2) is 17.9 Å². The number of carboxylic acid groups (broad SMARTS) is 3. The molecule has 0 fully saturated rings. The number of hydrogen-bond acceptors (Lipinski definition) is 12. The minimum Gasteiger partial charge on any atom is -0.545 e. The molecule has 0 saturated carbocycles. The maximum atomic E-state index is 12.1. The molecule has 12 heteroatoms. The van der Waals surface area contributed by atoms with Crippen molar-refractivity contribution in [2.24, 2.45) is 0 Å². The normalized spacial score (nSPS) is 13.4. The number of carboxylic acids is 3. The van der Waals surface area contributed by atoms with Gasteiger partial charge >= 0.3 is 0 Å². The summed E-state index contributed by atoms with van der Waals surface area (Å²) < 4.78 is 0. The van der Waals surface area contributed by atoms with Crippen molar-refractivity contribution in [2.75, 3.05) is 0 Å². The number of aromatic carboxylic acids is 3. The minimum atomic E-state index is -1.36. The van der Waals surface area contributed by atoms with Gasteiger partial charge in [0.1, 0.15) is 0 Å². The summed E-state index contributed by atoms with van der Waals surface area (Å²) in [5.74, 6) is -3.97. The maximum absolute atomic E-state index is 12.1. The molecule has 0 amide bonds. The van der Waals surface area contributed by atoms with Gasteiger partial charge in [-0.05, 0) is 81.7 Å². The van der Waals surface area contributed by atoms with Gasteiger partial charge in [0, 0.05) is 40.5 Å². The smallest absolute Gasteiger partial charge is 0.0727 e. The van der Waals surface area contributed by atoms with Crippen LogP contribution >= 0.6 is 64.8 Å². The lowest BCUT2D eigenvalue weighted by Crippen LogP contribution is -2.23. The molecule has 0 saturated heterocycles. The molecule has 0 spiro atoms. The van der Waals surface area contributed by atoms with Gasteiger partial charge in [0.2, 0.25) is 0 Å². The lowest BCUT2D eigenvalue weighted by atomic mass is 10.1. The Kier molecular flexibility index (Phi) is 8.12. The molecule has 0 aliphatic carbocycles. The second kappa shape index (κ2) is 11.8. The van der Waals surface area contributed by atoms with Crippen molar-refractivity contribution >= 4 is 104 Å². The fourth-order valence-corrected chi connectivity index (χ4v) is 11.1. The van der Waals surface area contributed by atoms with Crippen LogP contribution in [0.4, 0.5) is 0 Å². The van der Waals surface area contributed by atoms with E-state index in [4.69, 9.17) is 0 Å². The van der Waals surface area contributed by atoms with E-state index < -0.39 is 17.9 Å². The van der Waals surface area contributed by atoms with Crippen molar-refractivity contribution in [2.45, 2.75) is 29.4 Å². The van der Waals surface area contributed by atoms with E-state index in [1.54, 1.807) is 18.2 Å². The Labute approximate surface area is 257 Å². The van der Waals surface area contributed by atoms with E-state index in [0.717, 1.165) is 31.3 Å². The first-order valence-corrected chi connectivity index (χ1v) is 18.2. The third-order valence-electron chi connectivity index (χ3n) is 6.11. The number of carbonyl (C=O) groups excluding carboxylic acids is 3. The summed E-state index contributed by atoms with van der Waals surface area (Å²) in [6.07, 6.45) is 0. The van der Waals surface area contributed by atoms with Crippen molar-refractivity contribution in [1.82, 2.24) is 0 Å². The van der Waals surface area contributed by atoms with Gasteiger partial charge in [0.15, 0.2) is 0 Å². The summed E-state index contributed by atoms with van der Waals surface area (Å²) >= 11 is 0. The molecule has 0 atom stereocenters. The van der Waals surface area contributed by atoms with E-state index in [1.165, 1.54) is 76.9 Å². The molecule has 41 heavy (non-hydrogen) atoms. The Morgan fingerprint density at radius 1 is 0.463 bits per heavy atom. The van der Waals surface area contributed by atoms with Gasteiger partial charge in [-0.1, -0.05) is 89.0 Å². The maximum Gasteiger partial charge on any atom is 0.0727 e. The molecule has 5 aromatic carbocycles. The van der Waals surface area contributed by atoms with Crippen LogP contribution in [0.3, 0.4) is 0 Å². The summed E-state index contributed by atoms with van der Waals surface area (Å²) in [6.45, 7) is 0. The summed E-state index contributed by atoms with van der Waals surface area (Å²) in [6, 6.07) is 22.9. The van der Waals surface area contributed by atoms with E-state index in [0.29, 0.717) is 19.6 Å². The average Bonchev–Trinajstić information content (AvgIpc) is 2.96. The first-order valence-electron chi connectivity index (χ1n) is 11.7. The van der Waals surface area contributed by atoms with Gasteiger partial charge in [0.25, 0.3) is 0 Å². The number of fused-ring (bicyclic) bond motifs is 4. The topological polar surface area (TPSA) is 120 Å². The van der Waals surface area contributed by atoms with Crippen LogP contribution in [0.1, 0.15) is 31.1 Å². The zero-order valence-electron chi connectivity index (χ0n) is 20.4. The Bertz CT molecular complexity index is 1780. The van der Waals surface area contributed by atoms with Crippen LogP contribution < -0.4 is 15.3 Å². The van der Waals surface area contributed by atoms with Crippen molar-refractivity contribution in [3.8, 4) is 0 Å². The van der Waals surface area contributed by atoms with Gasteiger partial charge in [0.05, 0.1) is 17.9 Å². The SMILES string of the molecule is O=C([O-])c1cc2cc(c1)SSc1cc3c(cccc3cc1C(=O)[O-])SSc1cccc3cc(C(=O)[O-])c(cc13)SS2. The molecule has 1 aliphatic heterocycles. The molecular weight excluding hydrogens is 637 g/mol. The molecule has 6 nitrogen and oxygen atoms in total. The fraction of sp³-hybridized carbons (Fsp3) is 0. The number of hydrogen-bond donors (Lipinski definition) is 0. The van der Waals surface area contributed by atoms with Crippen molar-refractivity contribution < 1.29 is 29.7 Å². The highest BCUT2D eigenvalue weighted by molar-refractivity contribution is 8.77. The molecule has 0 N–H and O–H groups in total. The van der Waals surface area contributed by atoms with E-state index in [1.807, 2.05) is 48.5 Å². The Morgan fingerprint density at radius 2 is 0.902 bits per heavy atom. The average molecular weight is 650 g/mol. The molecule has 1 aliphatic rings. The zero-order chi connectivity index (χ0) is 28.7. The number of benzene rings is 5. The van der Waals surface area contributed by atoms with Crippen LogP contribution in [0.25, 0.3) is 21.5 Å². The molecule has 0 radical (unpaired) electrons. The summed E-state index contributed by atoms with van der Waals surface area (Å²) in [5, 5.41) is 39.1. The van der Waals surface area contributed by atoms with Crippen molar-refractivity contribution in [3.05, 3.63) is 95.6 Å². The molecular formula is C29H13O6S6-3. The highest BCUT2D eigenvalue weighted by atomic mass is 33.1. The van der Waals surface area contributed by atoms with Gasteiger partial charge in [-0.25, -0.2) is 0 Å². The van der Waals surface area contributed by atoms with Crippen LogP contribution in [0.15, 0.2) is 108 Å². The Balaban J connectivity index is 1.56. The number of rotatable bonds is 3. The molecule has 6 rings (SSSR count). The predicted molar refractivity (Wildman–Crippen MR) is 162 cm³/mol. The van der Waals surface area contributed by atoms with Crippen molar-refractivity contribution in [3.63, 3.8) is 0 Å². The van der Waals surface area contributed by atoms with E-state index in [2.05, 4.69) is 0 Å². The quantitative estimate of drug-likeness (QED) is 0.220. The zero-order valence-corrected chi connectivity index (χ0v) is 25.3. The minimum absolute atomic E-state index is 0.0412. The molecule has 5 aromatic rings. The molecule has 0 aromatic heterocycles. The van der Waals surface area contributed by atoms with Crippen LogP contribution in [-0.2, 0) is 0 Å². The summed E-state index contributed by atoms with van der Waals surface area (Å²) in [5.41, 5.74) is 0.0327. The molecule has 204 valence electrons. The summed E-state index contributed by atoms with van der Waals surface area (Å²) in [4.78, 5) is 39.8. The number of carbonyl (C=O) groups is 3. The van der Waals surface area contributed by atoms with Crippen molar-refractivity contribution in [1.29, 1.82) is 0 Å².